The number of carbonyl (C=O) groups is 1. The summed E-state index contributed by atoms with van der Waals surface area (Å²) in [6.07, 6.45) is 11.8. The van der Waals surface area contributed by atoms with Crippen LogP contribution >= 0.6 is 0 Å². The molecular weight excluding hydrogens is 520 g/mol. The van der Waals surface area contributed by atoms with Crippen LogP contribution in [-0.4, -0.2) is 55.4 Å². The Morgan fingerprint density at radius 1 is 0.902 bits per heavy atom. The van der Waals surface area contributed by atoms with E-state index in [1.807, 2.05) is 29.7 Å². The smallest absolute Gasteiger partial charge is 0.315 e. The van der Waals surface area contributed by atoms with Gasteiger partial charge in [-0.05, 0) is 74.6 Å². The Balaban J connectivity index is 0.936. The summed E-state index contributed by atoms with van der Waals surface area (Å²) in [5.74, 6) is 2.60. The van der Waals surface area contributed by atoms with E-state index in [2.05, 4.69) is 47.5 Å². The van der Waals surface area contributed by atoms with Gasteiger partial charge in [0.25, 0.3) is 0 Å². The molecule has 8 N–H and O–H groups in total. The molecular formula is C29H38N10O2. The molecule has 2 amide bonds. The first kappa shape index (κ1) is 27.0. The predicted molar refractivity (Wildman–Crippen MR) is 156 cm³/mol. The molecule has 41 heavy (non-hydrogen) atoms. The number of benzene rings is 1. The largest absolute Gasteiger partial charge is 0.351 e. The summed E-state index contributed by atoms with van der Waals surface area (Å²) < 4.78 is 0. The summed E-state index contributed by atoms with van der Waals surface area (Å²) in [6, 6.07) is 9.85. The number of anilines is 3. The molecule has 0 aliphatic heterocycles. The Labute approximate surface area is 239 Å². The quantitative estimate of drug-likeness (QED) is 0.116. The van der Waals surface area contributed by atoms with E-state index in [0.29, 0.717) is 29.7 Å². The first-order valence-electron chi connectivity index (χ1n) is 14.6. The van der Waals surface area contributed by atoms with E-state index < -0.39 is 0 Å². The van der Waals surface area contributed by atoms with Crippen molar-refractivity contribution in [1.82, 2.24) is 36.3 Å². The molecule has 1 atom stereocenters. The summed E-state index contributed by atoms with van der Waals surface area (Å²) in [5.41, 5.74) is 5.96. The van der Waals surface area contributed by atoms with E-state index in [1.54, 1.807) is 6.20 Å². The predicted octanol–water partition coefficient (Wildman–Crippen LogP) is 4.09. The number of urea groups is 1. The van der Waals surface area contributed by atoms with E-state index in [1.165, 1.54) is 31.4 Å². The summed E-state index contributed by atoms with van der Waals surface area (Å²) >= 11 is 0. The van der Waals surface area contributed by atoms with E-state index in [-0.39, 0.29) is 30.0 Å². The molecule has 3 aliphatic carbocycles. The maximum atomic E-state index is 12.7. The molecule has 0 unspecified atom stereocenters. The van der Waals surface area contributed by atoms with Gasteiger partial charge in [-0.15, -0.1) is 0 Å². The fraction of sp³-hybridized carbons (Fsp3) is 0.483. The number of hydroxylamine groups is 1. The Bertz CT molecular complexity index is 1380. The molecule has 216 valence electrons. The average molecular weight is 559 g/mol. The number of amides is 2. The average Bonchev–Trinajstić information content (AvgIpc) is 3.74. The monoisotopic (exact) mass is 558 g/mol. The van der Waals surface area contributed by atoms with Crippen LogP contribution in [0.3, 0.4) is 0 Å². The molecule has 12 heteroatoms. The van der Waals surface area contributed by atoms with Crippen molar-refractivity contribution >= 4 is 29.5 Å². The summed E-state index contributed by atoms with van der Waals surface area (Å²) in [5, 5.41) is 37.3. The number of nitrogens with one attached hydrogen (secondary N) is 7. The van der Waals surface area contributed by atoms with E-state index in [4.69, 9.17) is 10.6 Å². The van der Waals surface area contributed by atoms with Gasteiger partial charge in [0.05, 0.1) is 0 Å². The van der Waals surface area contributed by atoms with Crippen LogP contribution in [0.1, 0.15) is 79.7 Å². The van der Waals surface area contributed by atoms with Crippen LogP contribution in [0.4, 0.5) is 22.4 Å². The van der Waals surface area contributed by atoms with Gasteiger partial charge >= 0.3 is 6.03 Å². The lowest BCUT2D eigenvalue weighted by Crippen LogP contribution is -2.48. The van der Waals surface area contributed by atoms with Crippen LogP contribution in [0.2, 0.25) is 0 Å². The lowest BCUT2D eigenvalue weighted by Gasteiger charge is -2.30. The van der Waals surface area contributed by atoms with E-state index in [9.17, 15) is 4.79 Å². The summed E-state index contributed by atoms with van der Waals surface area (Å²) in [4.78, 5) is 21.8. The van der Waals surface area contributed by atoms with Crippen LogP contribution in [0.5, 0.6) is 0 Å². The standard InChI is InChI=1S/C29H38N10O2/c30-27(39-41)19-6-5-18-14-23(15-20(18)13-19)34-29(40)33-22-9-7-21(8-10-22)32-28-31-12-11-25(36-28)35-26-16-24(37-38-26)17-3-1-2-4-17/h5-6,11-13,16-17,21-23,41H,1-4,7-10,14-15H2,(H2,30,39)(H2,33,34,40)(H3,31,32,35,36,37,38)/t21?,22?,23-/m0/s1. The highest BCUT2D eigenvalue weighted by atomic mass is 16.5. The molecule has 2 fully saturated rings. The van der Waals surface area contributed by atoms with Gasteiger partial charge in [-0.25, -0.2) is 9.78 Å². The molecule has 3 aliphatic rings. The highest BCUT2D eigenvalue weighted by molar-refractivity contribution is 5.95. The molecule has 12 nitrogen and oxygen atoms in total. The number of aromatic nitrogens is 4. The highest BCUT2D eigenvalue weighted by Crippen LogP contribution is 2.34. The summed E-state index contributed by atoms with van der Waals surface area (Å²) in [7, 11) is 0. The minimum Gasteiger partial charge on any atom is -0.351 e. The van der Waals surface area contributed by atoms with Crippen LogP contribution in [-0.2, 0) is 12.8 Å². The van der Waals surface area contributed by atoms with Crippen molar-refractivity contribution in [3.8, 4) is 0 Å². The molecule has 0 saturated heterocycles. The Morgan fingerprint density at radius 2 is 1.66 bits per heavy atom. The van der Waals surface area contributed by atoms with E-state index >= 15 is 0 Å². The second-order valence-corrected chi connectivity index (χ2v) is 11.5. The minimum atomic E-state index is -0.138. The lowest BCUT2D eigenvalue weighted by atomic mass is 9.91. The van der Waals surface area contributed by atoms with Crippen LogP contribution in [0.15, 0.2) is 36.5 Å². The molecule has 0 radical (unpaired) electrons. The van der Waals surface area contributed by atoms with Crippen LogP contribution in [0, 0.1) is 5.41 Å². The van der Waals surface area contributed by atoms with Crippen molar-refractivity contribution in [2.45, 2.75) is 88.3 Å². The molecule has 3 aromatic rings. The van der Waals surface area contributed by atoms with Gasteiger partial charge in [-0.3, -0.25) is 21.2 Å². The number of amidine groups is 1. The van der Waals surface area contributed by atoms with Gasteiger partial charge in [-0.1, -0.05) is 25.0 Å². The number of H-pyrrole nitrogens is 1. The number of fused-ring (bicyclic) bond motifs is 1. The topological polar surface area (TPSA) is 176 Å². The van der Waals surface area contributed by atoms with Crippen LogP contribution in [0.25, 0.3) is 0 Å². The van der Waals surface area contributed by atoms with Crippen molar-refractivity contribution in [2.75, 3.05) is 10.6 Å². The maximum Gasteiger partial charge on any atom is 0.315 e. The number of hydrogen-bond acceptors (Lipinski definition) is 8. The maximum absolute atomic E-state index is 12.7. The zero-order valence-electron chi connectivity index (χ0n) is 23.0. The van der Waals surface area contributed by atoms with Crippen molar-refractivity contribution in [3.63, 3.8) is 0 Å². The number of rotatable bonds is 8. The zero-order valence-corrected chi connectivity index (χ0v) is 23.0. The third kappa shape index (κ3) is 6.59. The van der Waals surface area contributed by atoms with Gasteiger partial charge in [0.15, 0.2) is 5.82 Å². The molecule has 0 spiro atoms. The first-order valence-corrected chi connectivity index (χ1v) is 14.6. The second kappa shape index (κ2) is 12.1. The molecule has 0 bridgehead atoms. The fourth-order valence-corrected chi connectivity index (χ4v) is 6.39. The Kier molecular flexibility index (Phi) is 7.99. The molecule has 2 saturated carbocycles. The fourth-order valence-electron chi connectivity index (χ4n) is 6.39. The number of nitrogens with zero attached hydrogens (tertiary/aromatic N) is 3. The second-order valence-electron chi connectivity index (χ2n) is 11.5. The molecule has 2 heterocycles. The Morgan fingerprint density at radius 3 is 2.46 bits per heavy atom. The van der Waals surface area contributed by atoms with Crippen molar-refractivity contribution < 1.29 is 10.0 Å². The van der Waals surface area contributed by atoms with Gasteiger partial charge in [0.2, 0.25) is 5.95 Å². The third-order valence-electron chi connectivity index (χ3n) is 8.57. The van der Waals surface area contributed by atoms with Gasteiger partial charge < -0.3 is 21.3 Å². The van der Waals surface area contributed by atoms with Crippen molar-refractivity contribution in [1.29, 1.82) is 5.41 Å². The lowest BCUT2D eigenvalue weighted by molar-refractivity contribution is 0.228. The number of carbonyl (C=O) groups excluding carboxylic acids is 1. The van der Waals surface area contributed by atoms with Gasteiger partial charge in [-0.2, -0.15) is 10.1 Å². The number of hydrogen-bond donors (Lipinski definition) is 8. The SMILES string of the molecule is N=C(NO)c1ccc2c(c1)C[C@@H](NC(=O)NC1CCC(Nc3nccc(Nc4cc(C5CCCC5)[nH]n4)n3)CC1)C2. The molecule has 2 aromatic heterocycles. The normalized spacial score (nSPS) is 22.1. The minimum absolute atomic E-state index is 0.0170. The molecule has 1 aromatic carbocycles. The molecule has 6 rings (SSSR count). The number of aromatic amines is 1. The van der Waals surface area contributed by atoms with Crippen LogP contribution < -0.4 is 26.7 Å². The highest BCUT2D eigenvalue weighted by Gasteiger charge is 2.27. The van der Waals surface area contributed by atoms with Crippen molar-refractivity contribution in [2.24, 2.45) is 0 Å². The van der Waals surface area contributed by atoms with E-state index in [0.717, 1.165) is 49.0 Å². The third-order valence-corrected chi connectivity index (χ3v) is 8.57. The van der Waals surface area contributed by atoms with Gasteiger partial charge in [0, 0.05) is 47.6 Å². The first-order chi connectivity index (χ1) is 20.0. The summed E-state index contributed by atoms with van der Waals surface area (Å²) in [6.45, 7) is 0. The van der Waals surface area contributed by atoms with Crippen molar-refractivity contribution in [3.05, 3.63) is 58.9 Å². The van der Waals surface area contributed by atoms with Gasteiger partial charge in [0.1, 0.15) is 11.7 Å². The Hall–Kier alpha value is -4.19. The zero-order chi connectivity index (χ0) is 28.2.